The third-order valence-electron chi connectivity index (χ3n) is 4.01. The summed E-state index contributed by atoms with van der Waals surface area (Å²) in [7, 11) is 0. The number of halogens is 2. The topological polar surface area (TPSA) is 17.8 Å². The van der Waals surface area contributed by atoms with Gasteiger partial charge in [-0.2, -0.15) is 0 Å². The highest BCUT2D eigenvalue weighted by Gasteiger charge is 2.12. The number of aromatic nitrogens is 2. The lowest BCUT2D eigenvalue weighted by Crippen LogP contribution is -2.02. The van der Waals surface area contributed by atoms with Crippen molar-refractivity contribution < 1.29 is 4.39 Å². The number of rotatable bonds is 3. The smallest absolute Gasteiger partial charge is 0.141 e. The highest BCUT2D eigenvalue weighted by molar-refractivity contribution is 9.10. The summed E-state index contributed by atoms with van der Waals surface area (Å²) in [5, 5.41) is 0. The van der Waals surface area contributed by atoms with E-state index in [2.05, 4.69) is 38.7 Å². The minimum atomic E-state index is -0.241. The van der Waals surface area contributed by atoms with Gasteiger partial charge >= 0.3 is 0 Å². The molecule has 1 aromatic heterocycles. The van der Waals surface area contributed by atoms with Crippen LogP contribution in [0.5, 0.6) is 0 Å². The van der Waals surface area contributed by atoms with E-state index in [4.69, 9.17) is 4.98 Å². The summed E-state index contributed by atoms with van der Waals surface area (Å²) in [4.78, 5) is 4.76. The Kier molecular flexibility index (Phi) is 3.90. The van der Waals surface area contributed by atoms with Crippen molar-refractivity contribution in [3.05, 3.63) is 88.6 Å². The highest BCUT2D eigenvalue weighted by Crippen LogP contribution is 2.26. The van der Waals surface area contributed by atoms with Crippen LogP contribution < -0.4 is 0 Å². The molecule has 0 aliphatic rings. The van der Waals surface area contributed by atoms with Crippen LogP contribution in [0.15, 0.2) is 77.3 Å². The van der Waals surface area contributed by atoms with E-state index in [9.17, 15) is 4.39 Å². The summed E-state index contributed by atoms with van der Waals surface area (Å²) in [5.41, 5.74) is 4.10. The number of nitrogens with zero attached hydrogens (tertiary/aromatic N) is 2. The lowest BCUT2D eigenvalue weighted by Gasteiger charge is -2.10. The summed E-state index contributed by atoms with van der Waals surface area (Å²) in [6.07, 6.45) is 0. The van der Waals surface area contributed by atoms with E-state index in [1.165, 1.54) is 17.7 Å². The van der Waals surface area contributed by atoms with Gasteiger partial charge in [0.15, 0.2) is 0 Å². The molecule has 0 radical (unpaired) electrons. The van der Waals surface area contributed by atoms with Crippen molar-refractivity contribution in [2.75, 3.05) is 0 Å². The zero-order chi connectivity index (χ0) is 16.5. The molecule has 0 atom stereocenters. The predicted octanol–water partition coefficient (Wildman–Crippen LogP) is 5.65. The van der Waals surface area contributed by atoms with Crippen LogP contribution in [-0.2, 0) is 6.54 Å². The van der Waals surface area contributed by atoms with Gasteiger partial charge in [0.2, 0.25) is 0 Å². The molecule has 0 saturated carbocycles. The normalized spacial score (nSPS) is 11.1. The number of hydrogen-bond acceptors (Lipinski definition) is 1. The van der Waals surface area contributed by atoms with Gasteiger partial charge in [0, 0.05) is 16.6 Å². The van der Waals surface area contributed by atoms with Gasteiger partial charge < -0.3 is 4.57 Å². The van der Waals surface area contributed by atoms with E-state index in [-0.39, 0.29) is 5.82 Å². The average molecular weight is 381 g/mol. The Morgan fingerprint density at radius 3 is 2.33 bits per heavy atom. The third kappa shape index (κ3) is 2.85. The van der Waals surface area contributed by atoms with Crippen molar-refractivity contribution in [3.8, 4) is 11.4 Å². The minimum Gasteiger partial charge on any atom is -0.319 e. The maximum Gasteiger partial charge on any atom is 0.141 e. The monoisotopic (exact) mass is 380 g/mol. The van der Waals surface area contributed by atoms with Crippen molar-refractivity contribution in [1.82, 2.24) is 9.55 Å². The molecule has 1 heterocycles. The number of fused-ring (bicyclic) bond motifs is 1. The lowest BCUT2D eigenvalue weighted by molar-refractivity contribution is 0.628. The van der Waals surface area contributed by atoms with Gasteiger partial charge in [-0.3, -0.25) is 0 Å². The van der Waals surface area contributed by atoms with Crippen LogP contribution in [0.25, 0.3) is 22.4 Å². The quantitative estimate of drug-likeness (QED) is 0.448. The van der Waals surface area contributed by atoms with Crippen molar-refractivity contribution >= 4 is 27.0 Å². The minimum absolute atomic E-state index is 0.241. The molecule has 0 spiro atoms. The zero-order valence-electron chi connectivity index (χ0n) is 12.8. The fourth-order valence-electron chi connectivity index (χ4n) is 2.83. The van der Waals surface area contributed by atoms with Crippen LogP contribution in [0.4, 0.5) is 4.39 Å². The zero-order valence-corrected chi connectivity index (χ0v) is 14.4. The fourth-order valence-corrected chi connectivity index (χ4v) is 3.09. The molecular formula is C20H14BrFN2. The molecule has 0 fully saturated rings. The van der Waals surface area contributed by atoms with Crippen molar-refractivity contribution in [2.24, 2.45) is 0 Å². The molecule has 118 valence electrons. The molecule has 0 amide bonds. The molecule has 0 unspecified atom stereocenters. The van der Waals surface area contributed by atoms with E-state index in [1.54, 1.807) is 12.1 Å². The van der Waals surface area contributed by atoms with Crippen LogP contribution in [0, 0.1) is 5.82 Å². The van der Waals surface area contributed by atoms with Gasteiger partial charge in [-0.05, 0) is 54.1 Å². The number of para-hydroxylation sites is 2. The van der Waals surface area contributed by atoms with Crippen LogP contribution in [0.2, 0.25) is 0 Å². The Labute approximate surface area is 147 Å². The molecule has 4 heteroatoms. The van der Waals surface area contributed by atoms with Crippen LogP contribution in [0.1, 0.15) is 5.56 Å². The standard InChI is InChI=1S/C20H14BrFN2/c21-16-9-5-14(6-10-16)13-24-19-4-2-1-3-18(19)23-20(24)15-7-11-17(22)12-8-15/h1-12H,13H2. The van der Waals surface area contributed by atoms with Gasteiger partial charge in [0.25, 0.3) is 0 Å². The first-order chi connectivity index (χ1) is 11.7. The van der Waals surface area contributed by atoms with Gasteiger partial charge in [-0.15, -0.1) is 0 Å². The molecule has 0 saturated heterocycles. The summed E-state index contributed by atoms with van der Waals surface area (Å²) in [6.45, 7) is 0.709. The van der Waals surface area contributed by atoms with Gasteiger partial charge in [-0.1, -0.05) is 40.2 Å². The largest absolute Gasteiger partial charge is 0.319 e. The molecule has 0 N–H and O–H groups in total. The van der Waals surface area contributed by atoms with E-state index in [0.717, 1.165) is 26.9 Å². The van der Waals surface area contributed by atoms with E-state index in [1.807, 2.05) is 30.3 Å². The molecule has 24 heavy (non-hydrogen) atoms. The SMILES string of the molecule is Fc1ccc(-c2nc3ccccc3n2Cc2ccc(Br)cc2)cc1. The Morgan fingerprint density at radius 1 is 0.875 bits per heavy atom. The molecular weight excluding hydrogens is 367 g/mol. The Morgan fingerprint density at radius 2 is 1.58 bits per heavy atom. The van der Waals surface area contributed by atoms with E-state index in [0.29, 0.717) is 6.54 Å². The van der Waals surface area contributed by atoms with Crippen LogP contribution in [0.3, 0.4) is 0 Å². The second-order valence-electron chi connectivity index (χ2n) is 5.64. The molecule has 4 aromatic rings. The molecule has 3 aromatic carbocycles. The molecule has 2 nitrogen and oxygen atoms in total. The Balaban J connectivity index is 1.86. The fraction of sp³-hybridized carbons (Fsp3) is 0.0500. The Bertz CT molecular complexity index is 989. The van der Waals surface area contributed by atoms with Crippen LogP contribution >= 0.6 is 15.9 Å². The third-order valence-corrected chi connectivity index (χ3v) is 4.54. The number of hydrogen-bond donors (Lipinski definition) is 0. The summed E-state index contributed by atoms with van der Waals surface area (Å²) >= 11 is 3.47. The first-order valence-corrected chi connectivity index (χ1v) is 8.46. The second-order valence-corrected chi connectivity index (χ2v) is 6.56. The molecule has 0 bridgehead atoms. The molecule has 0 aliphatic heterocycles. The summed E-state index contributed by atoms with van der Waals surface area (Å²) in [5.74, 6) is 0.605. The summed E-state index contributed by atoms with van der Waals surface area (Å²) in [6, 6.07) is 22.8. The van der Waals surface area contributed by atoms with Gasteiger partial charge in [-0.25, -0.2) is 9.37 Å². The van der Waals surface area contributed by atoms with Gasteiger partial charge in [0.05, 0.1) is 11.0 Å². The number of benzene rings is 3. The van der Waals surface area contributed by atoms with E-state index >= 15 is 0 Å². The van der Waals surface area contributed by atoms with Crippen LogP contribution in [-0.4, -0.2) is 9.55 Å². The second kappa shape index (κ2) is 6.21. The molecule has 0 aliphatic carbocycles. The Hall–Kier alpha value is -2.46. The van der Waals surface area contributed by atoms with Crippen molar-refractivity contribution in [2.45, 2.75) is 6.54 Å². The first-order valence-electron chi connectivity index (χ1n) is 7.66. The first kappa shape index (κ1) is 15.1. The highest BCUT2D eigenvalue weighted by atomic mass is 79.9. The van der Waals surface area contributed by atoms with Gasteiger partial charge in [0.1, 0.15) is 11.6 Å². The van der Waals surface area contributed by atoms with Crippen molar-refractivity contribution in [3.63, 3.8) is 0 Å². The average Bonchev–Trinajstić information content (AvgIpc) is 2.96. The van der Waals surface area contributed by atoms with E-state index < -0.39 is 0 Å². The number of imidazole rings is 1. The molecule has 4 rings (SSSR count). The lowest BCUT2D eigenvalue weighted by atomic mass is 10.2. The maximum absolute atomic E-state index is 13.3. The van der Waals surface area contributed by atoms with Crippen molar-refractivity contribution in [1.29, 1.82) is 0 Å². The maximum atomic E-state index is 13.3. The predicted molar refractivity (Wildman–Crippen MR) is 98.4 cm³/mol. The summed E-state index contributed by atoms with van der Waals surface area (Å²) < 4.78 is 16.5.